The van der Waals surface area contributed by atoms with E-state index in [1.54, 1.807) is 49.8 Å². The minimum atomic E-state index is -0.769. The maximum atomic E-state index is 13.0. The summed E-state index contributed by atoms with van der Waals surface area (Å²) < 4.78 is 10.5. The van der Waals surface area contributed by atoms with Gasteiger partial charge in [-0.25, -0.2) is 0 Å². The molecule has 1 aliphatic heterocycles. The van der Waals surface area contributed by atoms with Gasteiger partial charge in [0, 0.05) is 18.9 Å². The molecule has 7 nitrogen and oxygen atoms in total. The van der Waals surface area contributed by atoms with Crippen molar-refractivity contribution in [3.8, 4) is 5.75 Å². The van der Waals surface area contributed by atoms with Crippen molar-refractivity contribution >= 4 is 11.7 Å². The molecule has 3 aromatic rings. The highest BCUT2D eigenvalue weighted by atomic mass is 16.5. The molecule has 0 saturated heterocycles. The Morgan fingerprint density at radius 2 is 2.00 bits per heavy atom. The van der Waals surface area contributed by atoms with Gasteiger partial charge in [-0.1, -0.05) is 12.1 Å². The van der Waals surface area contributed by atoms with E-state index in [4.69, 9.17) is 9.15 Å². The predicted molar refractivity (Wildman–Crippen MR) is 103 cm³/mol. The van der Waals surface area contributed by atoms with Gasteiger partial charge in [0.2, 0.25) is 5.78 Å². The van der Waals surface area contributed by atoms with E-state index in [1.165, 1.54) is 17.2 Å². The molecule has 0 fully saturated rings. The number of aromatic nitrogens is 1. The largest absolute Gasteiger partial charge is 0.503 e. The van der Waals surface area contributed by atoms with Crippen LogP contribution in [0.5, 0.6) is 5.75 Å². The number of Topliss-reactive ketones (excluding diaryl/α,β-unsaturated/α-hetero) is 1. The zero-order chi connectivity index (χ0) is 20.4. The molecule has 2 aromatic heterocycles. The number of ketones is 1. The lowest BCUT2D eigenvalue weighted by Crippen LogP contribution is -2.30. The Bertz CT molecular complexity index is 1070. The summed E-state index contributed by atoms with van der Waals surface area (Å²) in [5.74, 6) is -1.02. The standard InChI is InChI=1S/C22H18N2O5/c1-28-16-5-2-4-14(12-16)13-24-19(15-7-9-23-10-8-15)18(21(26)22(24)27)20(25)17-6-3-11-29-17/h2-12,19,26H,13H2,1H3. The van der Waals surface area contributed by atoms with Crippen molar-refractivity contribution in [1.29, 1.82) is 0 Å². The summed E-state index contributed by atoms with van der Waals surface area (Å²) in [5.41, 5.74) is 1.45. The number of hydrogen-bond donors (Lipinski definition) is 1. The summed E-state index contributed by atoms with van der Waals surface area (Å²) >= 11 is 0. The van der Waals surface area contributed by atoms with Crippen molar-refractivity contribution in [2.75, 3.05) is 7.11 Å². The van der Waals surface area contributed by atoms with E-state index in [0.29, 0.717) is 11.3 Å². The number of hydrogen-bond acceptors (Lipinski definition) is 6. The average Bonchev–Trinajstić information content (AvgIpc) is 3.37. The molecule has 1 atom stereocenters. The van der Waals surface area contributed by atoms with Gasteiger partial charge in [-0.2, -0.15) is 0 Å². The van der Waals surface area contributed by atoms with E-state index >= 15 is 0 Å². The quantitative estimate of drug-likeness (QED) is 0.648. The number of carbonyl (C=O) groups excluding carboxylic acids is 2. The number of pyridine rings is 1. The van der Waals surface area contributed by atoms with Gasteiger partial charge in [0.15, 0.2) is 11.5 Å². The molecule has 4 rings (SSSR count). The first-order valence-electron chi connectivity index (χ1n) is 8.95. The summed E-state index contributed by atoms with van der Waals surface area (Å²) in [4.78, 5) is 31.4. The SMILES string of the molecule is COc1cccc(CN2C(=O)C(O)=C(C(=O)c3ccco3)C2c2ccncc2)c1. The summed E-state index contributed by atoms with van der Waals surface area (Å²) in [6, 6.07) is 13.0. The molecule has 7 heteroatoms. The van der Waals surface area contributed by atoms with E-state index in [9.17, 15) is 14.7 Å². The molecule has 1 N–H and O–H groups in total. The topological polar surface area (TPSA) is 92.9 Å². The fraction of sp³-hybridized carbons (Fsp3) is 0.136. The van der Waals surface area contributed by atoms with Gasteiger partial charge >= 0.3 is 0 Å². The van der Waals surface area contributed by atoms with Gasteiger partial charge < -0.3 is 19.2 Å². The molecule has 1 aromatic carbocycles. The fourth-order valence-corrected chi connectivity index (χ4v) is 3.45. The van der Waals surface area contributed by atoms with Gasteiger partial charge in [-0.3, -0.25) is 14.6 Å². The molecule has 1 aliphatic rings. The molecule has 1 amide bonds. The number of ether oxygens (including phenoxy) is 1. The smallest absolute Gasteiger partial charge is 0.290 e. The van der Waals surface area contributed by atoms with Crippen molar-refractivity contribution in [2.45, 2.75) is 12.6 Å². The van der Waals surface area contributed by atoms with E-state index in [-0.39, 0.29) is 17.9 Å². The molecule has 0 bridgehead atoms. The van der Waals surface area contributed by atoms with Gasteiger partial charge in [-0.05, 0) is 47.5 Å². The average molecular weight is 390 g/mol. The molecule has 0 radical (unpaired) electrons. The van der Waals surface area contributed by atoms with Gasteiger partial charge in [0.05, 0.1) is 25.0 Å². The zero-order valence-electron chi connectivity index (χ0n) is 15.6. The lowest BCUT2D eigenvalue weighted by Gasteiger charge is -2.26. The minimum absolute atomic E-state index is 0.0148. The molecule has 0 spiro atoms. The van der Waals surface area contributed by atoms with Crippen LogP contribution in [0.15, 0.2) is 82.9 Å². The van der Waals surface area contributed by atoms with Crippen LogP contribution < -0.4 is 4.74 Å². The van der Waals surface area contributed by atoms with E-state index in [0.717, 1.165) is 5.56 Å². The third kappa shape index (κ3) is 3.38. The number of aliphatic hydroxyl groups is 1. The number of methoxy groups -OCH3 is 1. The second-order valence-electron chi connectivity index (χ2n) is 6.54. The monoisotopic (exact) mass is 390 g/mol. The second kappa shape index (κ2) is 7.63. The van der Waals surface area contributed by atoms with E-state index < -0.39 is 23.5 Å². The maximum Gasteiger partial charge on any atom is 0.290 e. The molecule has 1 unspecified atom stereocenters. The van der Waals surface area contributed by atoms with E-state index in [2.05, 4.69) is 4.98 Å². The van der Waals surface area contributed by atoms with Crippen molar-refractivity contribution in [3.63, 3.8) is 0 Å². The van der Waals surface area contributed by atoms with Gasteiger partial charge in [0.25, 0.3) is 5.91 Å². The number of carbonyl (C=O) groups is 2. The van der Waals surface area contributed by atoms with Crippen molar-refractivity contribution in [3.05, 3.63) is 95.4 Å². The van der Waals surface area contributed by atoms with Gasteiger partial charge in [-0.15, -0.1) is 0 Å². The number of amides is 1. The Labute approximate surface area is 166 Å². The fourth-order valence-electron chi connectivity index (χ4n) is 3.45. The highest BCUT2D eigenvalue weighted by molar-refractivity contribution is 6.14. The third-order valence-electron chi connectivity index (χ3n) is 4.80. The molecular formula is C22H18N2O5. The summed E-state index contributed by atoms with van der Waals surface area (Å²) in [7, 11) is 1.56. The molecule has 146 valence electrons. The maximum absolute atomic E-state index is 13.0. The highest BCUT2D eigenvalue weighted by Gasteiger charge is 2.44. The van der Waals surface area contributed by atoms with E-state index in [1.807, 2.05) is 12.1 Å². The summed E-state index contributed by atoms with van der Waals surface area (Å²) in [6.07, 6.45) is 4.53. The van der Waals surface area contributed by atoms with Crippen molar-refractivity contribution in [1.82, 2.24) is 9.88 Å². The van der Waals surface area contributed by atoms with Crippen LogP contribution in [-0.2, 0) is 11.3 Å². The lowest BCUT2D eigenvalue weighted by atomic mass is 9.95. The van der Waals surface area contributed by atoms with Gasteiger partial charge in [0.1, 0.15) is 5.75 Å². The van der Waals surface area contributed by atoms with Crippen LogP contribution in [-0.4, -0.2) is 33.8 Å². The second-order valence-corrected chi connectivity index (χ2v) is 6.54. The zero-order valence-corrected chi connectivity index (χ0v) is 15.6. The Kier molecular flexibility index (Phi) is 4.87. The Hall–Kier alpha value is -3.87. The predicted octanol–water partition coefficient (Wildman–Crippen LogP) is 3.46. The molecule has 0 saturated carbocycles. The first-order chi connectivity index (χ1) is 14.1. The van der Waals surface area contributed by atoms with Crippen LogP contribution in [0.1, 0.15) is 27.7 Å². The van der Waals surface area contributed by atoms with Crippen LogP contribution in [0, 0.1) is 0 Å². The van der Waals surface area contributed by atoms with Crippen LogP contribution in [0.3, 0.4) is 0 Å². The Morgan fingerprint density at radius 3 is 2.69 bits per heavy atom. The number of aliphatic hydroxyl groups excluding tert-OH is 1. The Morgan fingerprint density at radius 1 is 1.21 bits per heavy atom. The van der Waals surface area contributed by atoms with Crippen LogP contribution in [0.2, 0.25) is 0 Å². The summed E-state index contributed by atoms with van der Waals surface area (Å²) in [6.45, 7) is 0.183. The highest BCUT2D eigenvalue weighted by Crippen LogP contribution is 2.39. The van der Waals surface area contributed by atoms with Crippen molar-refractivity contribution < 1.29 is 23.8 Å². The molecule has 29 heavy (non-hydrogen) atoms. The molecule has 3 heterocycles. The number of nitrogens with zero attached hydrogens (tertiary/aromatic N) is 2. The number of rotatable bonds is 6. The number of furan rings is 1. The molecule has 0 aliphatic carbocycles. The van der Waals surface area contributed by atoms with Crippen molar-refractivity contribution in [2.24, 2.45) is 0 Å². The lowest BCUT2D eigenvalue weighted by molar-refractivity contribution is -0.130. The third-order valence-corrected chi connectivity index (χ3v) is 4.80. The van der Waals surface area contributed by atoms with Crippen LogP contribution in [0.4, 0.5) is 0 Å². The van der Waals surface area contributed by atoms with Crippen LogP contribution >= 0.6 is 0 Å². The van der Waals surface area contributed by atoms with Crippen LogP contribution in [0.25, 0.3) is 0 Å². The number of benzene rings is 1. The Balaban J connectivity index is 1.77. The normalized spacial score (nSPS) is 16.4. The molecular weight excluding hydrogens is 372 g/mol. The summed E-state index contributed by atoms with van der Waals surface area (Å²) in [5, 5.41) is 10.6. The first kappa shape index (κ1) is 18.5. The first-order valence-corrected chi connectivity index (χ1v) is 8.95. The minimum Gasteiger partial charge on any atom is -0.503 e.